The van der Waals surface area contributed by atoms with E-state index < -0.39 is 0 Å². The molecule has 4 nitrogen and oxygen atoms in total. The van der Waals surface area contributed by atoms with Crippen LogP contribution in [0.2, 0.25) is 5.02 Å². The first-order valence-electron chi connectivity index (χ1n) is 6.80. The van der Waals surface area contributed by atoms with Gasteiger partial charge in [0.05, 0.1) is 33.0 Å². The van der Waals surface area contributed by atoms with Gasteiger partial charge in [0.2, 0.25) is 0 Å². The van der Waals surface area contributed by atoms with Gasteiger partial charge in [0.1, 0.15) is 5.75 Å². The minimum atomic E-state index is 0.508. The van der Waals surface area contributed by atoms with Gasteiger partial charge in [-0.05, 0) is 23.8 Å². The van der Waals surface area contributed by atoms with Gasteiger partial charge in [-0.2, -0.15) is 5.26 Å². The number of ether oxygens (including phenoxy) is 3. The lowest BCUT2D eigenvalue weighted by Crippen LogP contribution is -1.94. The summed E-state index contributed by atoms with van der Waals surface area (Å²) >= 11 is 5.91. The molecule has 118 valence electrons. The average molecular weight is 330 g/mol. The van der Waals surface area contributed by atoms with Crippen LogP contribution in [0.3, 0.4) is 0 Å². The van der Waals surface area contributed by atoms with Crippen LogP contribution < -0.4 is 14.2 Å². The number of nitriles is 1. The van der Waals surface area contributed by atoms with Gasteiger partial charge < -0.3 is 14.2 Å². The predicted molar refractivity (Wildman–Crippen MR) is 91.2 cm³/mol. The van der Waals surface area contributed by atoms with Crippen molar-refractivity contribution in [2.24, 2.45) is 0 Å². The van der Waals surface area contributed by atoms with Crippen LogP contribution in [-0.4, -0.2) is 21.3 Å². The molecule has 0 fully saturated rings. The fourth-order valence-corrected chi connectivity index (χ4v) is 2.31. The highest BCUT2D eigenvalue weighted by atomic mass is 35.5. The minimum absolute atomic E-state index is 0.508. The molecule has 0 unspecified atom stereocenters. The number of methoxy groups -OCH3 is 3. The Bertz CT molecular complexity index is 779. The largest absolute Gasteiger partial charge is 0.496 e. The number of hydrogen-bond donors (Lipinski definition) is 0. The standard InChI is InChI=1S/C18H16ClNO3/c1-21-16-10-18(23-3)17(22-2)9-13(16)5-4-12-6-7-15(19)8-14(12)11-20/h4-10H,1-3H3. The Hall–Kier alpha value is -2.64. The van der Waals surface area contributed by atoms with Crippen LogP contribution in [-0.2, 0) is 0 Å². The average Bonchev–Trinajstić information content (AvgIpc) is 2.59. The normalized spacial score (nSPS) is 10.4. The predicted octanol–water partition coefficient (Wildman–Crippen LogP) is 4.41. The number of nitrogens with zero attached hydrogens (tertiary/aromatic N) is 1. The Kier molecular flexibility index (Phi) is 5.51. The van der Waals surface area contributed by atoms with E-state index in [4.69, 9.17) is 25.8 Å². The summed E-state index contributed by atoms with van der Waals surface area (Å²) in [5, 5.41) is 9.72. The molecule has 0 aliphatic heterocycles. The van der Waals surface area contributed by atoms with E-state index in [1.807, 2.05) is 18.2 Å². The van der Waals surface area contributed by atoms with E-state index in [0.717, 1.165) is 11.1 Å². The molecule has 0 aliphatic rings. The van der Waals surface area contributed by atoms with Crippen LogP contribution in [0.1, 0.15) is 16.7 Å². The maximum absolute atomic E-state index is 9.19. The van der Waals surface area contributed by atoms with Crippen LogP contribution >= 0.6 is 11.6 Å². The molecule has 2 aromatic carbocycles. The summed E-state index contributed by atoms with van der Waals surface area (Å²) in [5.74, 6) is 1.83. The summed E-state index contributed by atoms with van der Waals surface area (Å²) in [4.78, 5) is 0. The van der Waals surface area contributed by atoms with Gasteiger partial charge in [0.15, 0.2) is 11.5 Å². The fourth-order valence-electron chi connectivity index (χ4n) is 2.13. The zero-order valence-corrected chi connectivity index (χ0v) is 13.8. The molecule has 2 rings (SSSR count). The minimum Gasteiger partial charge on any atom is -0.496 e. The second kappa shape index (κ2) is 7.57. The smallest absolute Gasteiger partial charge is 0.164 e. The second-order valence-corrected chi connectivity index (χ2v) is 5.06. The van der Waals surface area contributed by atoms with Crippen LogP contribution in [0.5, 0.6) is 17.2 Å². The van der Waals surface area contributed by atoms with Crippen LogP contribution in [0, 0.1) is 11.3 Å². The summed E-state index contributed by atoms with van der Waals surface area (Å²) in [6.45, 7) is 0. The van der Waals surface area contributed by atoms with Crippen LogP contribution in [0.4, 0.5) is 0 Å². The summed E-state index contributed by atoms with van der Waals surface area (Å²) in [5.41, 5.74) is 2.09. The number of halogens is 1. The molecule has 0 N–H and O–H groups in total. The van der Waals surface area contributed by atoms with Gasteiger partial charge in [0.25, 0.3) is 0 Å². The Labute approximate surface area is 140 Å². The first-order valence-corrected chi connectivity index (χ1v) is 7.18. The Morgan fingerprint density at radius 1 is 0.870 bits per heavy atom. The highest BCUT2D eigenvalue weighted by molar-refractivity contribution is 6.30. The van der Waals surface area contributed by atoms with Gasteiger partial charge in [-0.15, -0.1) is 0 Å². The zero-order valence-electron chi connectivity index (χ0n) is 13.1. The van der Waals surface area contributed by atoms with Crippen LogP contribution in [0.15, 0.2) is 30.3 Å². The molecule has 0 aromatic heterocycles. The van der Waals surface area contributed by atoms with E-state index in [9.17, 15) is 5.26 Å². The summed E-state index contributed by atoms with van der Waals surface area (Å²) in [6.07, 6.45) is 3.68. The van der Waals surface area contributed by atoms with E-state index in [-0.39, 0.29) is 0 Å². The zero-order chi connectivity index (χ0) is 16.8. The van der Waals surface area contributed by atoms with Gasteiger partial charge in [-0.1, -0.05) is 29.8 Å². The van der Waals surface area contributed by atoms with Crippen molar-refractivity contribution in [2.45, 2.75) is 0 Å². The first kappa shape index (κ1) is 16.7. The maximum atomic E-state index is 9.19. The van der Waals surface area contributed by atoms with Crippen LogP contribution in [0.25, 0.3) is 12.2 Å². The third kappa shape index (κ3) is 3.77. The Balaban J connectivity index is 2.45. The van der Waals surface area contributed by atoms with Crippen molar-refractivity contribution in [3.8, 4) is 23.3 Å². The molecule has 0 saturated carbocycles. The maximum Gasteiger partial charge on any atom is 0.164 e. The molecule has 0 radical (unpaired) electrons. The molecule has 2 aromatic rings. The first-order chi connectivity index (χ1) is 11.1. The number of benzene rings is 2. The number of hydrogen-bond acceptors (Lipinski definition) is 4. The Morgan fingerprint density at radius 3 is 2.09 bits per heavy atom. The Morgan fingerprint density at radius 2 is 1.48 bits per heavy atom. The molecular formula is C18H16ClNO3. The lowest BCUT2D eigenvalue weighted by molar-refractivity contribution is 0.348. The fraction of sp³-hybridized carbons (Fsp3) is 0.167. The van der Waals surface area contributed by atoms with E-state index in [0.29, 0.717) is 27.8 Å². The van der Waals surface area contributed by atoms with Gasteiger partial charge in [-0.3, -0.25) is 0 Å². The van der Waals surface area contributed by atoms with Gasteiger partial charge >= 0.3 is 0 Å². The van der Waals surface area contributed by atoms with E-state index in [2.05, 4.69) is 6.07 Å². The quantitative estimate of drug-likeness (QED) is 0.762. The van der Waals surface area contributed by atoms with Crippen molar-refractivity contribution in [3.63, 3.8) is 0 Å². The third-order valence-corrected chi connectivity index (χ3v) is 3.55. The van der Waals surface area contributed by atoms with E-state index in [1.54, 1.807) is 45.6 Å². The molecule has 0 atom stereocenters. The van der Waals surface area contributed by atoms with Gasteiger partial charge in [0, 0.05) is 16.7 Å². The van der Waals surface area contributed by atoms with Crippen molar-refractivity contribution >= 4 is 23.8 Å². The molecule has 0 aliphatic carbocycles. The van der Waals surface area contributed by atoms with Crippen molar-refractivity contribution in [1.29, 1.82) is 5.26 Å². The second-order valence-electron chi connectivity index (χ2n) is 4.63. The molecule has 0 bridgehead atoms. The summed E-state index contributed by atoms with van der Waals surface area (Å²) in [6, 6.07) is 10.9. The number of rotatable bonds is 5. The topological polar surface area (TPSA) is 51.5 Å². The van der Waals surface area contributed by atoms with E-state index in [1.165, 1.54) is 0 Å². The van der Waals surface area contributed by atoms with Crippen molar-refractivity contribution in [1.82, 2.24) is 0 Å². The SMILES string of the molecule is COc1cc(OC)c(OC)cc1C=Cc1ccc(Cl)cc1C#N. The molecule has 0 spiro atoms. The van der Waals surface area contributed by atoms with Crippen molar-refractivity contribution in [2.75, 3.05) is 21.3 Å². The molecule has 5 heteroatoms. The third-order valence-electron chi connectivity index (χ3n) is 3.31. The van der Waals surface area contributed by atoms with Crippen molar-refractivity contribution in [3.05, 3.63) is 52.0 Å². The molecule has 0 saturated heterocycles. The van der Waals surface area contributed by atoms with Gasteiger partial charge in [-0.25, -0.2) is 0 Å². The lowest BCUT2D eigenvalue weighted by atomic mass is 10.1. The highest BCUT2D eigenvalue weighted by Gasteiger charge is 2.10. The summed E-state index contributed by atoms with van der Waals surface area (Å²) in [7, 11) is 4.73. The summed E-state index contributed by atoms with van der Waals surface area (Å²) < 4.78 is 15.9. The molecule has 23 heavy (non-hydrogen) atoms. The molecular weight excluding hydrogens is 314 g/mol. The van der Waals surface area contributed by atoms with Crippen molar-refractivity contribution < 1.29 is 14.2 Å². The molecule has 0 heterocycles. The monoisotopic (exact) mass is 329 g/mol. The molecule has 0 amide bonds. The highest BCUT2D eigenvalue weighted by Crippen LogP contribution is 2.35. The lowest BCUT2D eigenvalue weighted by Gasteiger charge is -2.12. The van der Waals surface area contributed by atoms with E-state index >= 15 is 0 Å².